The number of aryl methyl sites for hydroxylation is 2. The maximum Gasteiger partial charge on any atom is 0.513 e. The van der Waals surface area contributed by atoms with Gasteiger partial charge in [-0.15, -0.1) is 0 Å². The van der Waals surface area contributed by atoms with Gasteiger partial charge in [0.15, 0.2) is 0 Å². The van der Waals surface area contributed by atoms with E-state index in [-0.39, 0.29) is 13.2 Å². The van der Waals surface area contributed by atoms with Gasteiger partial charge in [-0.1, -0.05) is 52.0 Å². The highest BCUT2D eigenvalue weighted by atomic mass is 16.7. The Kier molecular flexibility index (Phi) is 7.92. The summed E-state index contributed by atoms with van der Waals surface area (Å²) in [6.45, 7) is 8.49. The van der Waals surface area contributed by atoms with Crippen LogP contribution in [0.3, 0.4) is 0 Å². The smallest absolute Gasteiger partial charge is 0.434 e. The fraction of sp³-hybridized carbons (Fsp3) is 0.385. The minimum Gasteiger partial charge on any atom is -0.434 e. The molecular formula is C26H30O6. The number of benzene rings is 3. The van der Waals surface area contributed by atoms with Gasteiger partial charge in [0.2, 0.25) is 0 Å². The van der Waals surface area contributed by atoms with Gasteiger partial charge in [0.25, 0.3) is 0 Å². The molecule has 0 unspecified atom stereocenters. The van der Waals surface area contributed by atoms with Crippen LogP contribution in [0.25, 0.3) is 21.5 Å². The molecule has 6 heteroatoms. The fourth-order valence-corrected chi connectivity index (χ4v) is 3.50. The Morgan fingerprint density at radius 1 is 0.625 bits per heavy atom. The van der Waals surface area contributed by atoms with E-state index < -0.39 is 12.3 Å². The summed E-state index contributed by atoms with van der Waals surface area (Å²) >= 11 is 0. The van der Waals surface area contributed by atoms with E-state index in [9.17, 15) is 9.59 Å². The lowest BCUT2D eigenvalue weighted by atomic mass is 9.96. The Balaban J connectivity index is 2.27. The lowest BCUT2D eigenvalue weighted by Crippen LogP contribution is -2.13. The van der Waals surface area contributed by atoms with E-state index in [4.69, 9.17) is 18.9 Å². The predicted molar refractivity (Wildman–Crippen MR) is 125 cm³/mol. The average Bonchev–Trinajstić information content (AvgIpc) is 2.82. The number of fused-ring (bicyclic) bond motifs is 2. The molecule has 0 amide bonds. The molecule has 0 saturated carbocycles. The van der Waals surface area contributed by atoms with Crippen molar-refractivity contribution in [3.05, 3.63) is 47.5 Å². The maximum absolute atomic E-state index is 12.4. The molecule has 0 bridgehead atoms. The molecule has 0 aromatic heterocycles. The molecule has 3 aromatic rings. The number of carbonyl (C=O) groups excluding carboxylic acids is 2. The standard InChI is InChI=1S/C26H30O6/c1-5-13-29-25(27)31-23-19-11-9-17(7-3)15-21(19)24(32-26(28)30-14-6-2)22-16-18(8-4)10-12-20(22)23/h9-12,15-16H,5-8,13-14H2,1-4H3. The molecule has 0 atom stereocenters. The Labute approximate surface area is 188 Å². The molecule has 0 aliphatic rings. The monoisotopic (exact) mass is 438 g/mol. The molecule has 0 aliphatic heterocycles. The third kappa shape index (κ3) is 5.13. The molecule has 0 fully saturated rings. The second-order valence-corrected chi connectivity index (χ2v) is 7.53. The molecule has 0 N–H and O–H groups in total. The van der Waals surface area contributed by atoms with Crippen molar-refractivity contribution in [3.63, 3.8) is 0 Å². The summed E-state index contributed by atoms with van der Waals surface area (Å²) in [7, 11) is 0. The lowest BCUT2D eigenvalue weighted by molar-refractivity contribution is 0.0984. The number of carbonyl (C=O) groups is 2. The first-order chi connectivity index (χ1) is 15.5. The zero-order valence-corrected chi connectivity index (χ0v) is 19.2. The summed E-state index contributed by atoms with van der Waals surface area (Å²) in [6, 6.07) is 11.6. The van der Waals surface area contributed by atoms with Crippen molar-refractivity contribution in [2.45, 2.75) is 53.4 Å². The normalized spacial score (nSPS) is 10.9. The van der Waals surface area contributed by atoms with Crippen molar-refractivity contribution < 1.29 is 28.5 Å². The van der Waals surface area contributed by atoms with Crippen molar-refractivity contribution in [2.75, 3.05) is 13.2 Å². The highest BCUT2D eigenvalue weighted by Crippen LogP contribution is 2.44. The number of hydrogen-bond donors (Lipinski definition) is 0. The van der Waals surface area contributed by atoms with Crippen LogP contribution in [0.15, 0.2) is 36.4 Å². The van der Waals surface area contributed by atoms with Crippen molar-refractivity contribution in [2.24, 2.45) is 0 Å². The summed E-state index contributed by atoms with van der Waals surface area (Å²) in [6.07, 6.45) is 1.49. The Morgan fingerprint density at radius 2 is 1.03 bits per heavy atom. The summed E-state index contributed by atoms with van der Waals surface area (Å²) < 4.78 is 21.8. The summed E-state index contributed by atoms with van der Waals surface area (Å²) in [5.41, 5.74) is 2.13. The molecule has 0 heterocycles. The molecule has 3 rings (SSSR count). The summed E-state index contributed by atoms with van der Waals surface area (Å²) in [4.78, 5) is 24.7. The van der Waals surface area contributed by atoms with Gasteiger partial charge in [0.05, 0.1) is 13.2 Å². The molecule has 170 valence electrons. The minimum absolute atomic E-state index is 0.277. The third-order valence-electron chi connectivity index (χ3n) is 5.18. The Bertz CT molecular complexity index is 1050. The van der Waals surface area contributed by atoms with E-state index >= 15 is 0 Å². The van der Waals surface area contributed by atoms with E-state index in [1.807, 2.05) is 64.1 Å². The Morgan fingerprint density at radius 3 is 1.41 bits per heavy atom. The van der Waals surface area contributed by atoms with Gasteiger partial charge in [-0.3, -0.25) is 0 Å². The van der Waals surface area contributed by atoms with E-state index in [1.54, 1.807) is 0 Å². The average molecular weight is 439 g/mol. The van der Waals surface area contributed by atoms with Gasteiger partial charge in [0.1, 0.15) is 11.5 Å². The van der Waals surface area contributed by atoms with Gasteiger partial charge in [0, 0.05) is 21.5 Å². The van der Waals surface area contributed by atoms with Crippen LogP contribution in [0.1, 0.15) is 51.7 Å². The third-order valence-corrected chi connectivity index (χ3v) is 5.18. The van der Waals surface area contributed by atoms with Crippen LogP contribution in [0, 0.1) is 0 Å². The van der Waals surface area contributed by atoms with Crippen molar-refractivity contribution in [1.82, 2.24) is 0 Å². The molecular weight excluding hydrogens is 408 g/mol. The largest absolute Gasteiger partial charge is 0.513 e. The number of hydrogen-bond acceptors (Lipinski definition) is 6. The van der Waals surface area contributed by atoms with Gasteiger partial charge in [-0.2, -0.15) is 0 Å². The van der Waals surface area contributed by atoms with E-state index in [1.165, 1.54) is 0 Å². The van der Waals surface area contributed by atoms with E-state index in [0.29, 0.717) is 45.9 Å². The van der Waals surface area contributed by atoms with Crippen LogP contribution < -0.4 is 9.47 Å². The molecule has 6 nitrogen and oxygen atoms in total. The number of rotatable bonds is 8. The van der Waals surface area contributed by atoms with Crippen LogP contribution in [-0.4, -0.2) is 25.5 Å². The lowest BCUT2D eigenvalue weighted by Gasteiger charge is -2.17. The second kappa shape index (κ2) is 10.8. The summed E-state index contributed by atoms with van der Waals surface area (Å²) in [5, 5.41) is 2.67. The quantitative estimate of drug-likeness (QED) is 0.215. The summed E-state index contributed by atoms with van der Waals surface area (Å²) in [5.74, 6) is 0.784. The Hall–Kier alpha value is -3.28. The van der Waals surface area contributed by atoms with Crippen LogP contribution in [0.5, 0.6) is 11.5 Å². The SMILES string of the molecule is CCCOC(=O)Oc1c2ccc(CC)cc2c(OC(=O)OCCC)c2cc(CC)ccc12. The predicted octanol–water partition coefficient (Wildman–Crippen LogP) is 6.97. The van der Waals surface area contributed by atoms with Gasteiger partial charge < -0.3 is 18.9 Å². The zero-order valence-electron chi connectivity index (χ0n) is 19.2. The van der Waals surface area contributed by atoms with Crippen LogP contribution in [0.2, 0.25) is 0 Å². The van der Waals surface area contributed by atoms with Gasteiger partial charge >= 0.3 is 12.3 Å². The molecule has 0 aliphatic carbocycles. The fourth-order valence-electron chi connectivity index (χ4n) is 3.50. The molecule has 0 saturated heterocycles. The second-order valence-electron chi connectivity index (χ2n) is 7.53. The molecule has 3 aromatic carbocycles. The highest BCUT2D eigenvalue weighted by Gasteiger charge is 2.22. The maximum atomic E-state index is 12.4. The topological polar surface area (TPSA) is 71.1 Å². The van der Waals surface area contributed by atoms with Crippen LogP contribution in [0.4, 0.5) is 9.59 Å². The molecule has 32 heavy (non-hydrogen) atoms. The van der Waals surface area contributed by atoms with Crippen molar-refractivity contribution >= 4 is 33.9 Å². The first-order valence-corrected chi connectivity index (χ1v) is 11.2. The minimum atomic E-state index is -0.760. The van der Waals surface area contributed by atoms with Crippen molar-refractivity contribution in [1.29, 1.82) is 0 Å². The van der Waals surface area contributed by atoms with E-state index in [2.05, 4.69) is 0 Å². The molecule has 0 spiro atoms. The van der Waals surface area contributed by atoms with Crippen molar-refractivity contribution in [3.8, 4) is 11.5 Å². The molecule has 0 radical (unpaired) electrons. The van der Waals surface area contributed by atoms with E-state index in [0.717, 1.165) is 24.0 Å². The first-order valence-electron chi connectivity index (χ1n) is 11.2. The van der Waals surface area contributed by atoms with Crippen LogP contribution in [-0.2, 0) is 22.3 Å². The number of ether oxygens (including phenoxy) is 4. The van der Waals surface area contributed by atoms with Crippen LogP contribution >= 0.6 is 0 Å². The first kappa shape index (κ1) is 23.4. The highest BCUT2D eigenvalue weighted by molar-refractivity contribution is 6.12. The zero-order chi connectivity index (χ0) is 23.1. The van der Waals surface area contributed by atoms with Gasteiger partial charge in [-0.05, 0) is 48.9 Å². The van der Waals surface area contributed by atoms with Gasteiger partial charge in [-0.25, -0.2) is 9.59 Å².